The first-order valence-electron chi connectivity index (χ1n) is 4.18. The Balaban J connectivity index is 2.71. The van der Waals surface area contributed by atoms with Gasteiger partial charge in [0.25, 0.3) is 0 Å². The van der Waals surface area contributed by atoms with E-state index in [1.54, 1.807) is 6.07 Å². The molecule has 1 aromatic rings. The maximum absolute atomic E-state index is 13.1. The second-order valence-corrected chi connectivity index (χ2v) is 4.60. The Morgan fingerprint density at radius 1 is 1.38 bits per heavy atom. The fraction of sp³-hybridized carbons (Fsp3) is 0.400. The zero-order valence-electron chi connectivity index (χ0n) is 7.36. The SMILES string of the molecule is CC(Br)CCc1cccc(F)c1F. The maximum atomic E-state index is 13.1. The highest BCUT2D eigenvalue weighted by molar-refractivity contribution is 9.09. The van der Waals surface area contributed by atoms with Crippen molar-refractivity contribution in [1.29, 1.82) is 0 Å². The van der Waals surface area contributed by atoms with Crippen LogP contribution in [-0.4, -0.2) is 4.83 Å². The molecule has 0 saturated carbocycles. The van der Waals surface area contributed by atoms with Crippen LogP contribution in [0.3, 0.4) is 0 Å². The van der Waals surface area contributed by atoms with Crippen molar-refractivity contribution in [3.63, 3.8) is 0 Å². The van der Waals surface area contributed by atoms with Crippen LogP contribution in [0.2, 0.25) is 0 Å². The third-order valence-corrected chi connectivity index (χ3v) is 2.30. The van der Waals surface area contributed by atoms with Gasteiger partial charge in [-0.3, -0.25) is 0 Å². The van der Waals surface area contributed by atoms with Crippen LogP contribution in [0.4, 0.5) is 8.78 Å². The number of benzene rings is 1. The summed E-state index contributed by atoms with van der Waals surface area (Å²) in [6.07, 6.45) is 1.37. The van der Waals surface area contributed by atoms with E-state index in [4.69, 9.17) is 0 Å². The molecule has 0 bridgehead atoms. The van der Waals surface area contributed by atoms with Crippen molar-refractivity contribution in [2.75, 3.05) is 0 Å². The summed E-state index contributed by atoms with van der Waals surface area (Å²) in [5, 5.41) is 0. The molecular formula is C10H11BrF2. The summed E-state index contributed by atoms with van der Waals surface area (Å²) >= 11 is 3.36. The van der Waals surface area contributed by atoms with Crippen molar-refractivity contribution in [2.24, 2.45) is 0 Å². The van der Waals surface area contributed by atoms with Gasteiger partial charge in [0, 0.05) is 4.83 Å². The lowest BCUT2D eigenvalue weighted by Gasteiger charge is -2.04. The largest absolute Gasteiger partial charge is 0.204 e. The molecule has 72 valence electrons. The predicted octanol–water partition coefficient (Wildman–Crippen LogP) is 3.68. The summed E-state index contributed by atoms with van der Waals surface area (Å²) in [6.45, 7) is 1.98. The molecule has 0 aliphatic carbocycles. The van der Waals surface area contributed by atoms with Gasteiger partial charge in [0.2, 0.25) is 0 Å². The van der Waals surface area contributed by atoms with Crippen LogP contribution in [0.15, 0.2) is 18.2 Å². The molecule has 1 atom stereocenters. The normalized spacial score (nSPS) is 12.9. The summed E-state index contributed by atoms with van der Waals surface area (Å²) in [4.78, 5) is 0.329. The van der Waals surface area contributed by atoms with Gasteiger partial charge in [-0.15, -0.1) is 0 Å². The van der Waals surface area contributed by atoms with Crippen LogP contribution < -0.4 is 0 Å². The van der Waals surface area contributed by atoms with E-state index in [9.17, 15) is 8.78 Å². The molecule has 0 aromatic heterocycles. The van der Waals surface area contributed by atoms with Gasteiger partial charge < -0.3 is 0 Å². The van der Waals surface area contributed by atoms with E-state index in [-0.39, 0.29) is 0 Å². The highest BCUT2D eigenvalue weighted by Crippen LogP contribution is 2.15. The fourth-order valence-corrected chi connectivity index (χ4v) is 1.32. The van der Waals surface area contributed by atoms with E-state index < -0.39 is 11.6 Å². The third-order valence-electron chi connectivity index (χ3n) is 1.84. The van der Waals surface area contributed by atoms with Crippen LogP contribution >= 0.6 is 15.9 Å². The Morgan fingerprint density at radius 3 is 2.69 bits per heavy atom. The summed E-state index contributed by atoms with van der Waals surface area (Å²) in [5.74, 6) is -1.48. The van der Waals surface area contributed by atoms with Crippen molar-refractivity contribution in [2.45, 2.75) is 24.6 Å². The minimum Gasteiger partial charge on any atom is -0.204 e. The molecular weight excluding hydrogens is 238 g/mol. The van der Waals surface area contributed by atoms with Gasteiger partial charge in [0.1, 0.15) is 0 Å². The smallest absolute Gasteiger partial charge is 0.162 e. The highest BCUT2D eigenvalue weighted by atomic mass is 79.9. The Bertz CT molecular complexity index is 284. The van der Waals surface area contributed by atoms with Gasteiger partial charge >= 0.3 is 0 Å². The van der Waals surface area contributed by atoms with Crippen molar-refractivity contribution in [3.8, 4) is 0 Å². The van der Waals surface area contributed by atoms with Crippen molar-refractivity contribution in [3.05, 3.63) is 35.4 Å². The topological polar surface area (TPSA) is 0 Å². The van der Waals surface area contributed by atoms with Crippen molar-refractivity contribution in [1.82, 2.24) is 0 Å². The zero-order valence-corrected chi connectivity index (χ0v) is 8.94. The molecule has 0 nitrogen and oxygen atoms in total. The average molecular weight is 249 g/mol. The molecule has 0 saturated heterocycles. The average Bonchev–Trinajstić information content (AvgIpc) is 2.07. The number of aryl methyl sites for hydroxylation is 1. The first kappa shape index (κ1) is 10.6. The van der Waals surface area contributed by atoms with Gasteiger partial charge in [-0.25, -0.2) is 8.78 Å². The summed E-state index contributed by atoms with van der Waals surface area (Å²) in [6, 6.07) is 4.29. The predicted molar refractivity (Wildman–Crippen MR) is 53.1 cm³/mol. The van der Waals surface area contributed by atoms with Crippen LogP contribution in [0.1, 0.15) is 18.9 Å². The monoisotopic (exact) mass is 248 g/mol. The minimum absolute atomic E-state index is 0.329. The van der Waals surface area contributed by atoms with E-state index in [1.807, 2.05) is 6.92 Å². The van der Waals surface area contributed by atoms with E-state index in [0.29, 0.717) is 16.8 Å². The lowest BCUT2D eigenvalue weighted by Crippen LogP contribution is -1.98. The number of rotatable bonds is 3. The van der Waals surface area contributed by atoms with Gasteiger partial charge in [0.05, 0.1) is 0 Å². The Kier molecular flexibility index (Phi) is 3.85. The van der Waals surface area contributed by atoms with Crippen LogP contribution in [0, 0.1) is 11.6 Å². The molecule has 0 N–H and O–H groups in total. The second-order valence-electron chi connectivity index (χ2n) is 3.03. The highest BCUT2D eigenvalue weighted by Gasteiger charge is 2.07. The number of halogens is 3. The Labute approximate surface area is 85.1 Å². The van der Waals surface area contributed by atoms with Crippen LogP contribution in [0.25, 0.3) is 0 Å². The van der Waals surface area contributed by atoms with Gasteiger partial charge in [-0.05, 0) is 24.5 Å². The molecule has 13 heavy (non-hydrogen) atoms. The van der Waals surface area contributed by atoms with Crippen molar-refractivity contribution >= 4 is 15.9 Å². The molecule has 1 unspecified atom stereocenters. The van der Waals surface area contributed by atoms with Crippen molar-refractivity contribution < 1.29 is 8.78 Å². The van der Waals surface area contributed by atoms with E-state index in [1.165, 1.54) is 6.07 Å². The van der Waals surface area contributed by atoms with Crippen LogP contribution in [0.5, 0.6) is 0 Å². The first-order valence-corrected chi connectivity index (χ1v) is 5.10. The molecule has 0 aliphatic rings. The lowest BCUT2D eigenvalue weighted by atomic mass is 10.1. The number of hydrogen-bond donors (Lipinski definition) is 0. The van der Waals surface area contributed by atoms with E-state index >= 15 is 0 Å². The Hall–Kier alpha value is -0.440. The standard InChI is InChI=1S/C10H11BrF2/c1-7(11)5-6-8-3-2-4-9(12)10(8)13/h2-4,7H,5-6H2,1H3. The summed E-state index contributed by atoms with van der Waals surface area (Å²) in [7, 11) is 0. The molecule has 0 fully saturated rings. The maximum Gasteiger partial charge on any atom is 0.162 e. The van der Waals surface area contributed by atoms with E-state index in [2.05, 4.69) is 15.9 Å². The summed E-state index contributed by atoms with van der Waals surface area (Å²) < 4.78 is 25.8. The third kappa shape index (κ3) is 3.07. The van der Waals surface area contributed by atoms with Gasteiger partial charge in [-0.2, -0.15) is 0 Å². The van der Waals surface area contributed by atoms with Gasteiger partial charge in [-0.1, -0.05) is 35.0 Å². The van der Waals surface area contributed by atoms with Crippen LogP contribution in [-0.2, 0) is 6.42 Å². The first-order chi connectivity index (χ1) is 6.11. The lowest BCUT2D eigenvalue weighted by molar-refractivity contribution is 0.497. The number of alkyl halides is 1. The second kappa shape index (κ2) is 4.70. The quantitative estimate of drug-likeness (QED) is 0.717. The molecule has 1 aromatic carbocycles. The summed E-state index contributed by atoms with van der Waals surface area (Å²) in [5.41, 5.74) is 0.450. The zero-order chi connectivity index (χ0) is 9.84. The molecule has 3 heteroatoms. The fourth-order valence-electron chi connectivity index (χ4n) is 1.10. The number of hydrogen-bond acceptors (Lipinski definition) is 0. The molecule has 0 aliphatic heterocycles. The molecule has 0 spiro atoms. The minimum atomic E-state index is -0.764. The van der Waals surface area contributed by atoms with Gasteiger partial charge in [0.15, 0.2) is 11.6 Å². The molecule has 0 amide bonds. The Morgan fingerprint density at radius 2 is 2.08 bits per heavy atom. The molecule has 0 radical (unpaired) electrons. The van der Waals surface area contributed by atoms with E-state index in [0.717, 1.165) is 12.5 Å². The molecule has 1 rings (SSSR count). The molecule has 0 heterocycles.